The maximum absolute atomic E-state index is 12.4. The van der Waals surface area contributed by atoms with Gasteiger partial charge in [0.1, 0.15) is 0 Å². The quantitative estimate of drug-likeness (QED) is 0.534. The van der Waals surface area contributed by atoms with E-state index in [4.69, 9.17) is 9.47 Å². The van der Waals surface area contributed by atoms with Crippen LogP contribution in [-0.4, -0.2) is 40.3 Å². The summed E-state index contributed by atoms with van der Waals surface area (Å²) in [7, 11) is 1.53. The van der Waals surface area contributed by atoms with Crippen LogP contribution in [0.5, 0.6) is 11.5 Å². The number of hydrogen-bond acceptors (Lipinski definition) is 5. The Morgan fingerprint density at radius 3 is 2.86 bits per heavy atom. The molecule has 2 aromatic heterocycles. The SMILES string of the molecule is CCOc1c(Br)cc(C(=O)NCCCn2nc3ccccn3c2=O)cc1OC. The maximum atomic E-state index is 12.4. The number of aromatic nitrogens is 3. The van der Waals surface area contributed by atoms with E-state index in [1.165, 1.54) is 16.2 Å². The average Bonchev–Trinajstić information content (AvgIpc) is 3.02. The number of amides is 1. The predicted molar refractivity (Wildman–Crippen MR) is 108 cm³/mol. The Labute approximate surface area is 170 Å². The summed E-state index contributed by atoms with van der Waals surface area (Å²) in [5.41, 5.74) is 0.863. The topological polar surface area (TPSA) is 86.9 Å². The highest BCUT2D eigenvalue weighted by atomic mass is 79.9. The Kier molecular flexibility index (Phi) is 6.35. The largest absolute Gasteiger partial charge is 0.493 e. The molecule has 0 saturated heterocycles. The number of aryl methyl sites for hydroxylation is 1. The summed E-state index contributed by atoms with van der Waals surface area (Å²) in [5.74, 6) is 0.815. The summed E-state index contributed by atoms with van der Waals surface area (Å²) in [5, 5.41) is 7.11. The minimum absolute atomic E-state index is 0.192. The third kappa shape index (κ3) is 4.19. The van der Waals surface area contributed by atoms with Crippen LogP contribution < -0.4 is 20.5 Å². The van der Waals surface area contributed by atoms with Gasteiger partial charge < -0.3 is 14.8 Å². The van der Waals surface area contributed by atoms with Gasteiger partial charge in [0.2, 0.25) is 0 Å². The van der Waals surface area contributed by atoms with Gasteiger partial charge in [-0.25, -0.2) is 9.48 Å². The second-order valence-corrected chi connectivity index (χ2v) is 6.82. The molecule has 2 heterocycles. The highest BCUT2D eigenvalue weighted by molar-refractivity contribution is 9.10. The van der Waals surface area contributed by atoms with Crippen molar-refractivity contribution in [3.05, 3.63) is 57.0 Å². The van der Waals surface area contributed by atoms with Crippen LogP contribution in [0.4, 0.5) is 0 Å². The molecule has 0 saturated carbocycles. The zero-order chi connectivity index (χ0) is 20.1. The standard InChI is InChI=1S/C19H21BrN4O4/c1-3-28-17-14(20)11-13(12-15(17)27-2)18(25)21-8-6-10-24-19(26)23-9-5-4-7-16(23)22-24/h4-5,7,9,11-12H,3,6,8,10H2,1-2H3,(H,21,25). The average molecular weight is 449 g/mol. The van der Waals surface area contributed by atoms with E-state index in [2.05, 4.69) is 26.3 Å². The Morgan fingerprint density at radius 1 is 1.32 bits per heavy atom. The number of rotatable bonds is 8. The van der Waals surface area contributed by atoms with Gasteiger partial charge in [0.05, 0.1) is 18.2 Å². The number of halogens is 1. The van der Waals surface area contributed by atoms with Crippen LogP contribution in [0, 0.1) is 0 Å². The van der Waals surface area contributed by atoms with E-state index >= 15 is 0 Å². The molecule has 1 N–H and O–H groups in total. The molecule has 9 heteroatoms. The molecule has 8 nitrogen and oxygen atoms in total. The fourth-order valence-corrected chi connectivity index (χ4v) is 3.34. The molecule has 0 aliphatic rings. The highest BCUT2D eigenvalue weighted by Crippen LogP contribution is 2.36. The summed E-state index contributed by atoms with van der Waals surface area (Å²) in [4.78, 5) is 24.7. The van der Waals surface area contributed by atoms with Gasteiger partial charge in [-0.1, -0.05) is 6.07 Å². The van der Waals surface area contributed by atoms with Crippen molar-refractivity contribution in [2.75, 3.05) is 20.3 Å². The van der Waals surface area contributed by atoms with Crippen LogP contribution in [-0.2, 0) is 6.54 Å². The number of fused-ring (bicyclic) bond motifs is 1. The first-order chi connectivity index (χ1) is 13.5. The van der Waals surface area contributed by atoms with Gasteiger partial charge in [0, 0.05) is 24.8 Å². The van der Waals surface area contributed by atoms with Crippen molar-refractivity contribution in [3.63, 3.8) is 0 Å². The molecular formula is C19H21BrN4O4. The molecule has 0 aliphatic carbocycles. The summed E-state index contributed by atoms with van der Waals surface area (Å²) in [6.45, 7) is 3.19. The first-order valence-corrected chi connectivity index (χ1v) is 9.67. The summed E-state index contributed by atoms with van der Waals surface area (Å²) in [6.07, 6.45) is 2.25. The van der Waals surface area contributed by atoms with Gasteiger partial charge >= 0.3 is 5.69 Å². The molecule has 3 aromatic rings. The van der Waals surface area contributed by atoms with Gasteiger partial charge in [-0.15, -0.1) is 5.10 Å². The Balaban J connectivity index is 1.60. The monoisotopic (exact) mass is 448 g/mol. The number of carbonyl (C=O) groups is 1. The molecule has 0 unspecified atom stereocenters. The fraction of sp³-hybridized carbons (Fsp3) is 0.316. The van der Waals surface area contributed by atoms with Crippen molar-refractivity contribution in [1.29, 1.82) is 0 Å². The molecule has 0 spiro atoms. The number of nitrogens with zero attached hydrogens (tertiary/aromatic N) is 3. The van der Waals surface area contributed by atoms with Crippen LogP contribution in [0.25, 0.3) is 5.65 Å². The van der Waals surface area contributed by atoms with Crippen LogP contribution in [0.2, 0.25) is 0 Å². The summed E-state index contributed by atoms with van der Waals surface area (Å²) >= 11 is 3.41. The Morgan fingerprint density at radius 2 is 2.14 bits per heavy atom. The smallest absolute Gasteiger partial charge is 0.350 e. The molecule has 0 aliphatic heterocycles. The molecule has 0 atom stereocenters. The van der Waals surface area contributed by atoms with Crippen molar-refractivity contribution < 1.29 is 14.3 Å². The van der Waals surface area contributed by atoms with E-state index in [0.29, 0.717) is 53.3 Å². The number of methoxy groups -OCH3 is 1. The number of pyridine rings is 1. The van der Waals surface area contributed by atoms with Crippen molar-refractivity contribution in [2.24, 2.45) is 0 Å². The third-order valence-electron chi connectivity index (χ3n) is 4.10. The number of nitrogens with one attached hydrogen (secondary N) is 1. The van der Waals surface area contributed by atoms with Crippen LogP contribution >= 0.6 is 15.9 Å². The molecule has 1 aromatic carbocycles. The van der Waals surface area contributed by atoms with E-state index < -0.39 is 0 Å². The lowest BCUT2D eigenvalue weighted by atomic mass is 10.2. The van der Waals surface area contributed by atoms with E-state index in [1.807, 2.05) is 13.0 Å². The van der Waals surface area contributed by atoms with E-state index in [0.717, 1.165) is 0 Å². The fourth-order valence-electron chi connectivity index (χ4n) is 2.78. The van der Waals surface area contributed by atoms with E-state index in [1.54, 1.807) is 30.5 Å². The van der Waals surface area contributed by atoms with Gasteiger partial charge in [0.25, 0.3) is 5.91 Å². The normalized spacial score (nSPS) is 10.8. The molecule has 28 heavy (non-hydrogen) atoms. The molecule has 1 amide bonds. The Hall–Kier alpha value is -2.81. The Bertz CT molecular complexity index is 1040. The lowest BCUT2D eigenvalue weighted by Gasteiger charge is -2.13. The molecule has 0 fully saturated rings. The minimum atomic E-state index is -0.232. The van der Waals surface area contributed by atoms with Crippen LogP contribution in [0.1, 0.15) is 23.7 Å². The lowest BCUT2D eigenvalue weighted by Crippen LogP contribution is -2.27. The molecule has 0 bridgehead atoms. The predicted octanol–water partition coefficient (Wildman–Crippen LogP) is 2.49. The second-order valence-electron chi connectivity index (χ2n) is 5.97. The van der Waals surface area contributed by atoms with Crippen molar-refractivity contribution >= 4 is 27.5 Å². The van der Waals surface area contributed by atoms with Gasteiger partial charge in [-0.3, -0.25) is 9.20 Å². The van der Waals surface area contributed by atoms with E-state index in [9.17, 15) is 9.59 Å². The summed E-state index contributed by atoms with van der Waals surface area (Å²) in [6, 6.07) is 8.71. The maximum Gasteiger partial charge on any atom is 0.350 e. The van der Waals surface area contributed by atoms with Crippen molar-refractivity contribution in [2.45, 2.75) is 19.9 Å². The van der Waals surface area contributed by atoms with Gasteiger partial charge in [-0.05, 0) is 53.5 Å². The first-order valence-electron chi connectivity index (χ1n) is 8.88. The minimum Gasteiger partial charge on any atom is -0.493 e. The molecule has 3 rings (SSSR count). The second kappa shape index (κ2) is 8.92. The lowest BCUT2D eigenvalue weighted by molar-refractivity contribution is 0.0952. The molecule has 0 radical (unpaired) electrons. The van der Waals surface area contributed by atoms with Crippen LogP contribution in [0.3, 0.4) is 0 Å². The molecular weight excluding hydrogens is 428 g/mol. The van der Waals surface area contributed by atoms with Crippen LogP contribution in [0.15, 0.2) is 45.8 Å². The van der Waals surface area contributed by atoms with Crippen molar-refractivity contribution in [3.8, 4) is 11.5 Å². The highest BCUT2D eigenvalue weighted by Gasteiger charge is 2.15. The summed E-state index contributed by atoms with van der Waals surface area (Å²) < 4.78 is 14.4. The van der Waals surface area contributed by atoms with Gasteiger partial charge in [0.15, 0.2) is 17.1 Å². The number of benzene rings is 1. The number of carbonyl (C=O) groups excluding carboxylic acids is 1. The van der Waals surface area contributed by atoms with Gasteiger partial charge in [-0.2, -0.15) is 0 Å². The third-order valence-corrected chi connectivity index (χ3v) is 4.69. The number of hydrogen-bond donors (Lipinski definition) is 1. The number of ether oxygens (including phenoxy) is 2. The molecule has 148 valence electrons. The zero-order valence-electron chi connectivity index (χ0n) is 15.6. The van der Waals surface area contributed by atoms with Crippen molar-refractivity contribution in [1.82, 2.24) is 19.5 Å². The van der Waals surface area contributed by atoms with E-state index in [-0.39, 0.29) is 11.6 Å². The first kappa shape index (κ1) is 19.9. The zero-order valence-corrected chi connectivity index (χ0v) is 17.2.